The Morgan fingerprint density at radius 2 is 1.80 bits per heavy atom. The first-order valence-electron chi connectivity index (χ1n) is 8.15. The molecule has 2 saturated carbocycles. The monoisotopic (exact) mass is 336 g/mol. The molecule has 0 bridgehead atoms. The molecule has 2 fully saturated rings. The van der Waals surface area contributed by atoms with Gasteiger partial charge in [0.2, 0.25) is 0 Å². The van der Waals surface area contributed by atoms with E-state index in [2.05, 4.69) is 34.1 Å². The van der Waals surface area contributed by atoms with Crippen LogP contribution in [0.15, 0.2) is 28.7 Å². The van der Waals surface area contributed by atoms with Gasteiger partial charge in [0.05, 0.1) is 6.10 Å². The van der Waals surface area contributed by atoms with Crippen molar-refractivity contribution in [2.45, 2.75) is 57.5 Å². The fourth-order valence-electron chi connectivity index (χ4n) is 4.32. The van der Waals surface area contributed by atoms with E-state index in [4.69, 9.17) is 0 Å². The molecule has 4 unspecified atom stereocenters. The van der Waals surface area contributed by atoms with Gasteiger partial charge in [-0.15, -0.1) is 0 Å². The van der Waals surface area contributed by atoms with E-state index in [0.29, 0.717) is 5.92 Å². The van der Waals surface area contributed by atoms with E-state index in [-0.39, 0.29) is 6.10 Å². The normalized spacial score (nSPS) is 31.6. The Hall–Kier alpha value is -0.340. The first kappa shape index (κ1) is 14.6. The standard InChI is InChI=1S/C18H25BrO/c19-17-8-4-3-7-15(17)12-18(20)16-10-9-13-5-1-2-6-14(13)11-16/h3-4,7-8,13-14,16,18,20H,1-2,5-6,9-12H2. The number of halogens is 1. The van der Waals surface area contributed by atoms with E-state index in [1.54, 1.807) is 0 Å². The summed E-state index contributed by atoms with van der Waals surface area (Å²) in [5.74, 6) is 2.38. The minimum atomic E-state index is -0.170. The molecule has 3 rings (SSSR count). The molecule has 0 amide bonds. The predicted molar refractivity (Wildman–Crippen MR) is 86.6 cm³/mol. The molecule has 1 nitrogen and oxygen atoms in total. The van der Waals surface area contributed by atoms with Gasteiger partial charge in [-0.1, -0.05) is 59.8 Å². The van der Waals surface area contributed by atoms with E-state index in [0.717, 1.165) is 22.7 Å². The van der Waals surface area contributed by atoms with Crippen LogP contribution in [0.2, 0.25) is 0 Å². The van der Waals surface area contributed by atoms with Crippen molar-refractivity contribution >= 4 is 15.9 Å². The van der Waals surface area contributed by atoms with E-state index in [9.17, 15) is 5.11 Å². The highest BCUT2D eigenvalue weighted by atomic mass is 79.9. The Balaban J connectivity index is 1.60. The van der Waals surface area contributed by atoms with Crippen LogP contribution in [0.3, 0.4) is 0 Å². The third kappa shape index (κ3) is 3.28. The lowest BCUT2D eigenvalue weighted by atomic mass is 9.66. The molecule has 0 heterocycles. The van der Waals surface area contributed by atoms with E-state index in [1.807, 2.05) is 6.07 Å². The quantitative estimate of drug-likeness (QED) is 0.827. The highest BCUT2D eigenvalue weighted by Crippen LogP contribution is 2.44. The number of hydrogen-bond donors (Lipinski definition) is 1. The number of fused-ring (bicyclic) bond motifs is 1. The van der Waals surface area contributed by atoms with E-state index in [1.165, 1.54) is 50.5 Å². The highest BCUT2D eigenvalue weighted by Gasteiger charge is 2.34. The lowest BCUT2D eigenvalue weighted by Gasteiger charge is -2.40. The van der Waals surface area contributed by atoms with E-state index >= 15 is 0 Å². The summed E-state index contributed by atoms with van der Waals surface area (Å²) in [6.07, 6.45) is 10.2. The summed E-state index contributed by atoms with van der Waals surface area (Å²) < 4.78 is 1.13. The third-order valence-electron chi connectivity index (χ3n) is 5.51. The van der Waals surface area contributed by atoms with Crippen molar-refractivity contribution < 1.29 is 5.11 Å². The fraction of sp³-hybridized carbons (Fsp3) is 0.667. The predicted octanol–water partition coefficient (Wildman–Crippen LogP) is 4.96. The lowest BCUT2D eigenvalue weighted by Crippen LogP contribution is -2.34. The molecule has 2 aliphatic carbocycles. The molecule has 0 radical (unpaired) electrons. The molecule has 2 heteroatoms. The molecule has 0 spiro atoms. The molecule has 1 aromatic rings. The number of benzene rings is 1. The summed E-state index contributed by atoms with van der Waals surface area (Å²) in [5, 5.41) is 10.6. The van der Waals surface area contributed by atoms with Crippen molar-refractivity contribution in [3.05, 3.63) is 34.3 Å². The summed E-state index contributed by atoms with van der Waals surface area (Å²) in [6.45, 7) is 0. The minimum absolute atomic E-state index is 0.170. The SMILES string of the molecule is OC(Cc1ccccc1Br)C1CCC2CCCCC2C1. The van der Waals surface area contributed by atoms with Gasteiger partial charge in [-0.05, 0) is 55.1 Å². The molecule has 1 N–H and O–H groups in total. The Labute approximate surface area is 130 Å². The zero-order valence-corrected chi connectivity index (χ0v) is 13.7. The average molecular weight is 337 g/mol. The van der Waals surface area contributed by atoms with Crippen molar-refractivity contribution in [3.8, 4) is 0 Å². The summed E-state index contributed by atoms with van der Waals surface area (Å²) in [7, 11) is 0. The van der Waals surface area contributed by atoms with Crippen LogP contribution in [0.1, 0.15) is 50.5 Å². The molecule has 0 aromatic heterocycles. The Morgan fingerprint density at radius 3 is 2.60 bits per heavy atom. The zero-order chi connectivity index (χ0) is 13.9. The first-order valence-corrected chi connectivity index (χ1v) is 8.95. The molecule has 1 aromatic carbocycles. The molecular formula is C18H25BrO. The van der Waals surface area contributed by atoms with Crippen LogP contribution >= 0.6 is 15.9 Å². The van der Waals surface area contributed by atoms with Crippen molar-refractivity contribution in [2.24, 2.45) is 17.8 Å². The number of hydrogen-bond acceptors (Lipinski definition) is 1. The largest absolute Gasteiger partial charge is 0.392 e. The van der Waals surface area contributed by atoms with Crippen molar-refractivity contribution in [1.29, 1.82) is 0 Å². The summed E-state index contributed by atoms with van der Waals surface area (Å²) in [5.41, 5.74) is 1.24. The Morgan fingerprint density at radius 1 is 1.05 bits per heavy atom. The van der Waals surface area contributed by atoms with Crippen molar-refractivity contribution in [1.82, 2.24) is 0 Å². The van der Waals surface area contributed by atoms with E-state index < -0.39 is 0 Å². The number of aliphatic hydroxyl groups excluding tert-OH is 1. The topological polar surface area (TPSA) is 20.2 Å². The highest BCUT2D eigenvalue weighted by molar-refractivity contribution is 9.10. The maximum absolute atomic E-state index is 10.6. The van der Waals surface area contributed by atoms with Crippen LogP contribution in [0.25, 0.3) is 0 Å². The van der Waals surface area contributed by atoms with Gasteiger partial charge in [-0.2, -0.15) is 0 Å². The lowest BCUT2D eigenvalue weighted by molar-refractivity contribution is 0.0360. The van der Waals surface area contributed by atoms with Gasteiger partial charge in [0.15, 0.2) is 0 Å². The van der Waals surface area contributed by atoms with Gasteiger partial charge < -0.3 is 5.11 Å². The average Bonchev–Trinajstić information content (AvgIpc) is 2.49. The van der Waals surface area contributed by atoms with Gasteiger partial charge in [0, 0.05) is 4.47 Å². The Kier molecular flexibility index (Phi) is 4.83. The third-order valence-corrected chi connectivity index (χ3v) is 6.28. The zero-order valence-electron chi connectivity index (χ0n) is 12.1. The fourth-order valence-corrected chi connectivity index (χ4v) is 4.76. The van der Waals surface area contributed by atoms with Gasteiger partial charge in [0.1, 0.15) is 0 Å². The smallest absolute Gasteiger partial charge is 0.0609 e. The van der Waals surface area contributed by atoms with Gasteiger partial charge in [-0.25, -0.2) is 0 Å². The van der Waals surface area contributed by atoms with Crippen LogP contribution < -0.4 is 0 Å². The first-order chi connectivity index (χ1) is 9.74. The van der Waals surface area contributed by atoms with Gasteiger partial charge in [0.25, 0.3) is 0 Å². The number of aliphatic hydroxyl groups is 1. The second-order valence-corrected chi connectivity index (χ2v) is 7.59. The molecule has 20 heavy (non-hydrogen) atoms. The van der Waals surface area contributed by atoms with Crippen LogP contribution in [-0.4, -0.2) is 11.2 Å². The summed E-state index contributed by atoms with van der Waals surface area (Å²) in [4.78, 5) is 0. The number of rotatable bonds is 3. The second-order valence-electron chi connectivity index (χ2n) is 6.74. The van der Waals surface area contributed by atoms with Crippen LogP contribution in [0, 0.1) is 17.8 Å². The maximum atomic E-state index is 10.6. The molecule has 110 valence electrons. The van der Waals surface area contributed by atoms with Crippen LogP contribution in [0.4, 0.5) is 0 Å². The molecule has 0 saturated heterocycles. The van der Waals surface area contributed by atoms with Gasteiger partial charge in [-0.3, -0.25) is 0 Å². The second kappa shape index (κ2) is 6.62. The van der Waals surface area contributed by atoms with Gasteiger partial charge >= 0.3 is 0 Å². The summed E-state index contributed by atoms with van der Waals surface area (Å²) in [6, 6.07) is 8.29. The molecule has 2 aliphatic rings. The maximum Gasteiger partial charge on any atom is 0.0609 e. The van der Waals surface area contributed by atoms with Crippen LogP contribution in [-0.2, 0) is 6.42 Å². The molecule has 4 atom stereocenters. The Bertz CT molecular complexity index is 445. The molecular weight excluding hydrogens is 312 g/mol. The summed E-state index contributed by atoms with van der Waals surface area (Å²) >= 11 is 3.59. The van der Waals surface area contributed by atoms with Crippen molar-refractivity contribution in [3.63, 3.8) is 0 Å². The minimum Gasteiger partial charge on any atom is -0.392 e. The molecule has 0 aliphatic heterocycles. The van der Waals surface area contributed by atoms with Crippen LogP contribution in [0.5, 0.6) is 0 Å². The van der Waals surface area contributed by atoms with Crippen molar-refractivity contribution in [2.75, 3.05) is 0 Å².